The van der Waals surface area contributed by atoms with Crippen LogP contribution in [-0.4, -0.2) is 18.1 Å². The van der Waals surface area contributed by atoms with Crippen LogP contribution in [0.15, 0.2) is 42.6 Å². The summed E-state index contributed by atoms with van der Waals surface area (Å²) in [5.41, 5.74) is 1.55. The van der Waals surface area contributed by atoms with Gasteiger partial charge in [-0.05, 0) is 37.7 Å². The number of nitrogens with zero attached hydrogens (tertiary/aromatic N) is 1. The monoisotopic (exact) mass is 288 g/mol. The van der Waals surface area contributed by atoms with Crippen molar-refractivity contribution in [1.29, 1.82) is 0 Å². The SMILES string of the molecule is CCNC(C)c1c(F)cccc1OCCc1ccccn1. The third kappa shape index (κ3) is 4.26. The number of benzene rings is 1. The average molecular weight is 288 g/mol. The molecule has 0 saturated carbocycles. The molecule has 2 aromatic rings. The molecule has 3 nitrogen and oxygen atoms in total. The summed E-state index contributed by atoms with van der Waals surface area (Å²) in [7, 11) is 0. The van der Waals surface area contributed by atoms with Crippen LogP contribution in [0.4, 0.5) is 4.39 Å². The number of aromatic nitrogens is 1. The van der Waals surface area contributed by atoms with E-state index in [9.17, 15) is 4.39 Å². The van der Waals surface area contributed by atoms with Crippen LogP contribution in [0.5, 0.6) is 5.75 Å². The number of hydrogen-bond donors (Lipinski definition) is 1. The quantitative estimate of drug-likeness (QED) is 0.846. The minimum Gasteiger partial charge on any atom is -0.493 e. The van der Waals surface area contributed by atoms with E-state index in [0.29, 0.717) is 24.3 Å². The lowest BCUT2D eigenvalue weighted by Crippen LogP contribution is -2.20. The Hall–Kier alpha value is -1.94. The van der Waals surface area contributed by atoms with E-state index in [-0.39, 0.29) is 11.9 Å². The summed E-state index contributed by atoms with van der Waals surface area (Å²) in [6.07, 6.45) is 2.46. The largest absolute Gasteiger partial charge is 0.493 e. The molecule has 0 aliphatic carbocycles. The predicted octanol–water partition coefficient (Wildman–Crippen LogP) is 3.51. The Morgan fingerprint density at radius 1 is 1.24 bits per heavy atom. The van der Waals surface area contributed by atoms with Crippen molar-refractivity contribution >= 4 is 0 Å². The summed E-state index contributed by atoms with van der Waals surface area (Å²) >= 11 is 0. The number of hydrogen-bond acceptors (Lipinski definition) is 3. The lowest BCUT2D eigenvalue weighted by Gasteiger charge is -2.18. The zero-order valence-corrected chi connectivity index (χ0v) is 12.5. The molecule has 1 aromatic carbocycles. The van der Waals surface area contributed by atoms with E-state index in [4.69, 9.17) is 4.74 Å². The molecule has 0 spiro atoms. The second-order valence-corrected chi connectivity index (χ2v) is 4.85. The van der Waals surface area contributed by atoms with Gasteiger partial charge >= 0.3 is 0 Å². The fourth-order valence-electron chi connectivity index (χ4n) is 2.28. The molecule has 4 heteroatoms. The molecule has 21 heavy (non-hydrogen) atoms. The average Bonchev–Trinajstić information content (AvgIpc) is 2.48. The molecule has 1 N–H and O–H groups in total. The molecule has 1 heterocycles. The van der Waals surface area contributed by atoms with Gasteiger partial charge in [-0.1, -0.05) is 19.1 Å². The van der Waals surface area contributed by atoms with Gasteiger partial charge in [0.05, 0.1) is 6.61 Å². The van der Waals surface area contributed by atoms with E-state index in [0.717, 1.165) is 12.2 Å². The molecule has 0 amide bonds. The van der Waals surface area contributed by atoms with Crippen LogP contribution in [0, 0.1) is 5.82 Å². The van der Waals surface area contributed by atoms with Gasteiger partial charge in [-0.2, -0.15) is 0 Å². The molecule has 0 radical (unpaired) electrons. The van der Waals surface area contributed by atoms with E-state index >= 15 is 0 Å². The highest BCUT2D eigenvalue weighted by atomic mass is 19.1. The molecule has 1 aromatic heterocycles. The fourth-order valence-corrected chi connectivity index (χ4v) is 2.28. The van der Waals surface area contributed by atoms with Gasteiger partial charge in [-0.15, -0.1) is 0 Å². The Morgan fingerprint density at radius 2 is 2.10 bits per heavy atom. The summed E-state index contributed by atoms with van der Waals surface area (Å²) < 4.78 is 19.8. The van der Waals surface area contributed by atoms with Gasteiger partial charge in [0.2, 0.25) is 0 Å². The maximum atomic E-state index is 14.0. The molecule has 0 fully saturated rings. The molecule has 112 valence electrons. The van der Waals surface area contributed by atoms with E-state index in [1.165, 1.54) is 6.07 Å². The Balaban J connectivity index is 2.04. The van der Waals surface area contributed by atoms with Gasteiger partial charge in [0.15, 0.2) is 0 Å². The standard InChI is InChI=1S/C17H21FN2O/c1-3-19-13(2)17-15(18)8-6-9-16(17)21-12-10-14-7-4-5-11-20-14/h4-9,11,13,19H,3,10,12H2,1-2H3. The van der Waals surface area contributed by atoms with Gasteiger partial charge in [-0.3, -0.25) is 4.98 Å². The van der Waals surface area contributed by atoms with E-state index in [1.807, 2.05) is 38.1 Å². The number of nitrogens with one attached hydrogen (secondary N) is 1. The smallest absolute Gasteiger partial charge is 0.131 e. The predicted molar refractivity (Wildman–Crippen MR) is 81.9 cm³/mol. The maximum absolute atomic E-state index is 14.0. The summed E-state index contributed by atoms with van der Waals surface area (Å²) in [5, 5.41) is 3.22. The molecule has 0 bridgehead atoms. The minimum absolute atomic E-state index is 0.0824. The minimum atomic E-state index is -0.237. The van der Waals surface area contributed by atoms with Gasteiger partial charge < -0.3 is 10.1 Å². The lowest BCUT2D eigenvalue weighted by molar-refractivity contribution is 0.311. The third-order valence-corrected chi connectivity index (χ3v) is 3.30. The van der Waals surface area contributed by atoms with Gasteiger partial charge in [-0.25, -0.2) is 4.39 Å². The van der Waals surface area contributed by atoms with Crippen LogP contribution in [0.2, 0.25) is 0 Å². The topological polar surface area (TPSA) is 34.1 Å². The van der Waals surface area contributed by atoms with Crippen molar-refractivity contribution < 1.29 is 9.13 Å². The second kappa shape index (κ2) is 7.74. The first-order valence-corrected chi connectivity index (χ1v) is 7.27. The van der Waals surface area contributed by atoms with Crippen molar-refractivity contribution in [2.45, 2.75) is 26.3 Å². The van der Waals surface area contributed by atoms with Crippen LogP contribution in [0.1, 0.15) is 31.1 Å². The number of ether oxygens (including phenoxy) is 1. The van der Waals surface area contributed by atoms with Gasteiger partial charge in [0.25, 0.3) is 0 Å². The molecular weight excluding hydrogens is 267 g/mol. The Bertz CT molecular complexity index is 560. The number of halogens is 1. The zero-order chi connectivity index (χ0) is 15.1. The molecule has 1 unspecified atom stereocenters. The highest BCUT2D eigenvalue weighted by molar-refractivity contribution is 5.37. The van der Waals surface area contributed by atoms with Crippen molar-refractivity contribution in [3.05, 3.63) is 59.7 Å². The van der Waals surface area contributed by atoms with Crippen molar-refractivity contribution in [2.75, 3.05) is 13.2 Å². The Morgan fingerprint density at radius 3 is 2.81 bits per heavy atom. The number of rotatable bonds is 7. The highest BCUT2D eigenvalue weighted by Crippen LogP contribution is 2.27. The van der Waals surface area contributed by atoms with Crippen LogP contribution >= 0.6 is 0 Å². The molecule has 1 atom stereocenters. The molecular formula is C17H21FN2O. The first kappa shape index (κ1) is 15.4. The lowest BCUT2D eigenvalue weighted by atomic mass is 10.1. The van der Waals surface area contributed by atoms with Crippen molar-refractivity contribution in [3.63, 3.8) is 0 Å². The number of pyridine rings is 1. The van der Waals surface area contributed by atoms with E-state index in [2.05, 4.69) is 10.3 Å². The first-order valence-electron chi connectivity index (χ1n) is 7.27. The summed E-state index contributed by atoms with van der Waals surface area (Å²) in [6, 6.07) is 10.7. The second-order valence-electron chi connectivity index (χ2n) is 4.85. The van der Waals surface area contributed by atoms with E-state index in [1.54, 1.807) is 12.3 Å². The summed E-state index contributed by atoms with van der Waals surface area (Å²) in [4.78, 5) is 4.25. The van der Waals surface area contributed by atoms with Gasteiger partial charge in [0, 0.05) is 29.9 Å². The third-order valence-electron chi connectivity index (χ3n) is 3.30. The highest BCUT2D eigenvalue weighted by Gasteiger charge is 2.15. The van der Waals surface area contributed by atoms with Crippen molar-refractivity contribution in [1.82, 2.24) is 10.3 Å². The molecule has 0 aliphatic heterocycles. The van der Waals surface area contributed by atoms with E-state index < -0.39 is 0 Å². The Kier molecular flexibility index (Phi) is 5.69. The van der Waals surface area contributed by atoms with Crippen LogP contribution in [0.3, 0.4) is 0 Å². The van der Waals surface area contributed by atoms with Gasteiger partial charge in [0.1, 0.15) is 11.6 Å². The summed E-state index contributed by atoms with van der Waals surface area (Å²) in [6.45, 7) is 5.20. The van der Waals surface area contributed by atoms with Crippen molar-refractivity contribution in [2.24, 2.45) is 0 Å². The fraction of sp³-hybridized carbons (Fsp3) is 0.353. The Labute approximate surface area is 125 Å². The zero-order valence-electron chi connectivity index (χ0n) is 12.5. The molecule has 0 saturated heterocycles. The van der Waals surface area contributed by atoms with Crippen LogP contribution < -0.4 is 10.1 Å². The van der Waals surface area contributed by atoms with Crippen molar-refractivity contribution in [3.8, 4) is 5.75 Å². The summed E-state index contributed by atoms with van der Waals surface area (Å²) in [5.74, 6) is 0.359. The molecule has 0 aliphatic rings. The van der Waals surface area contributed by atoms with Crippen LogP contribution in [0.25, 0.3) is 0 Å². The molecule has 2 rings (SSSR count). The first-order chi connectivity index (χ1) is 10.2. The maximum Gasteiger partial charge on any atom is 0.131 e. The normalized spacial score (nSPS) is 12.1. The van der Waals surface area contributed by atoms with Crippen LogP contribution in [-0.2, 0) is 6.42 Å².